The number of ether oxygens (including phenoxy) is 1. The number of nitrogens with zero attached hydrogens (tertiary/aromatic N) is 1. The minimum atomic E-state index is -0.511. The molecule has 0 bridgehead atoms. The van der Waals surface area contributed by atoms with Crippen LogP contribution in [0.3, 0.4) is 0 Å². The lowest BCUT2D eigenvalue weighted by Gasteiger charge is -2.11. The van der Waals surface area contributed by atoms with Crippen LogP contribution in [-0.4, -0.2) is 18.4 Å². The summed E-state index contributed by atoms with van der Waals surface area (Å²) in [6.45, 7) is -0.188. The Morgan fingerprint density at radius 3 is 2.64 bits per heavy atom. The molecule has 2 aromatic rings. The third-order valence-electron chi connectivity index (χ3n) is 4.02. The highest BCUT2D eigenvalue weighted by Crippen LogP contribution is 2.37. The van der Waals surface area contributed by atoms with Gasteiger partial charge in [-0.25, -0.2) is 0 Å². The number of hydrogen-bond donors (Lipinski definition) is 2. The zero-order chi connectivity index (χ0) is 17.8. The summed E-state index contributed by atoms with van der Waals surface area (Å²) in [4.78, 5) is 25.1. The Hall–Kier alpha value is -2.85. The van der Waals surface area contributed by atoms with Crippen molar-refractivity contribution in [3.8, 4) is 11.8 Å². The van der Waals surface area contributed by atoms with Gasteiger partial charge in [-0.3, -0.25) is 9.59 Å². The van der Waals surface area contributed by atoms with Crippen LogP contribution in [0.25, 0.3) is 0 Å². The molecule has 0 spiro atoms. The molecule has 0 atom stereocenters. The van der Waals surface area contributed by atoms with Gasteiger partial charge < -0.3 is 15.8 Å². The topological polar surface area (TPSA) is 105 Å². The van der Waals surface area contributed by atoms with Crippen LogP contribution in [0, 0.1) is 11.3 Å². The van der Waals surface area contributed by atoms with E-state index in [-0.39, 0.29) is 12.5 Å². The standard InChI is InChI=1S/C18H17N3O3S/c19-9-11-5-7-12(8-6-11)24-10-15(22)21-18-16(17(20)23)13-3-1-2-4-14(13)25-18/h5-8H,1-4,10H2,(H2,20,23)(H,21,22). The number of benzene rings is 1. The molecule has 1 aliphatic rings. The molecule has 7 heteroatoms. The van der Waals surface area contributed by atoms with E-state index in [9.17, 15) is 9.59 Å². The number of fused-ring (bicyclic) bond motifs is 1. The summed E-state index contributed by atoms with van der Waals surface area (Å²) >= 11 is 1.42. The number of nitrogens with two attached hydrogens (primary N) is 1. The second-order valence-corrected chi connectivity index (χ2v) is 6.86. The van der Waals surface area contributed by atoms with Gasteiger partial charge in [-0.2, -0.15) is 5.26 Å². The maximum Gasteiger partial charge on any atom is 0.262 e. The number of carbonyl (C=O) groups is 2. The molecule has 1 aromatic carbocycles. The number of amides is 2. The Balaban J connectivity index is 1.67. The number of rotatable bonds is 5. The average Bonchev–Trinajstić information content (AvgIpc) is 2.98. The van der Waals surface area contributed by atoms with Gasteiger partial charge in [0.2, 0.25) is 0 Å². The Labute approximate surface area is 149 Å². The van der Waals surface area contributed by atoms with Crippen LogP contribution in [0.5, 0.6) is 5.75 Å². The number of primary amides is 1. The maximum atomic E-state index is 12.2. The second-order valence-electron chi connectivity index (χ2n) is 5.75. The third-order valence-corrected chi connectivity index (χ3v) is 5.23. The molecule has 1 aliphatic carbocycles. The van der Waals surface area contributed by atoms with Gasteiger partial charge in [-0.05, 0) is 55.5 Å². The Kier molecular flexibility index (Phi) is 5.00. The number of hydrogen-bond acceptors (Lipinski definition) is 5. The molecule has 0 radical (unpaired) electrons. The lowest BCUT2D eigenvalue weighted by Crippen LogP contribution is -2.22. The molecular formula is C18H17N3O3S. The van der Waals surface area contributed by atoms with Gasteiger partial charge in [0, 0.05) is 4.88 Å². The van der Waals surface area contributed by atoms with E-state index in [0.717, 1.165) is 36.1 Å². The lowest BCUT2D eigenvalue weighted by atomic mass is 9.95. The van der Waals surface area contributed by atoms with Gasteiger partial charge in [-0.1, -0.05) is 0 Å². The first-order chi connectivity index (χ1) is 12.1. The molecule has 25 heavy (non-hydrogen) atoms. The minimum Gasteiger partial charge on any atom is -0.484 e. The second kappa shape index (κ2) is 7.36. The average molecular weight is 355 g/mol. The van der Waals surface area contributed by atoms with E-state index in [0.29, 0.717) is 21.9 Å². The molecule has 3 rings (SSSR count). The van der Waals surface area contributed by atoms with E-state index in [1.165, 1.54) is 11.3 Å². The summed E-state index contributed by atoms with van der Waals surface area (Å²) in [5.74, 6) is -0.372. The molecule has 0 unspecified atom stereocenters. The highest BCUT2D eigenvalue weighted by molar-refractivity contribution is 7.17. The highest BCUT2D eigenvalue weighted by Gasteiger charge is 2.24. The minimum absolute atomic E-state index is 0.188. The van der Waals surface area contributed by atoms with Crippen molar-refractivity contribution in [1.29, 1.82) is 5.26 Å². The van der Waals surface area contributed by atoms with Crippen molar-refractivity contribution in [3.63, 3.8) is 0 Å². The molecule has 0 saturated heterocycles. The van der Waals surface area contributed by atoms with Gasteiger partial charge in [0.05, 0.1) is 17.2 Å². The summed E-state index contributed by atoms with van der Waals surface area (Å²) < 4.78 is 5.41. The molecule has 1 heterocycles. The molecule has 1 aromatic heterocycles. The van der Waals surface area contributed by atoms with Crippen LogP contribution < -0.4 is 15.8 Å². The normalized spacial score (nSPS) is 12.8. The lowest BCUT2D eigenvalue weighted by molar-refractivity contribution is -0.118. The number of nitrogens with one attached hydrogen (secondary N) is 1. The van der Waals surface area contributed by atoms with Crippen molar-refractivity contribution < 1.29 is 14.3 Å². The van der Waals surface area contributed by atoms with Crippen molar-refractivity contribution in [1.82, 2.24) is 0 Å². The summed E-state index contributed by atoms with van der Waals surface area (Å²) in [7, 11) is 0. The predicted molar refractivity (Wildman–Crippen MR) is 94.8 cm³/mol. The van der Waals surface area contributed by atoms with Gasteiger partial charge in [0.1, 0.15) is 10.8 Å². The highest BCUT2D eigenvalue weighted by atomic mass is 32.1. The van der Waals surface area contributed by atoms with Crippen molar-refractivity contribution >= 4 is 28.2 Å². The molecule has 0 aliphatic heterocycles. The van der Waals surface area contributed by atoms with Gasteiger partial charge in [0.25, 0.3) is 11.8 Å². The van der Waals surface area contributed by atoms with Gasteiger partial charge in [-0.15, -0.1) is 11.3 Å². The van der Waals surface area contributed by atoms with Crippen LogP contribution in [0.4, 0.5) is 5.00 Å². The summed E-state index contributed by atoms with van der Waals surface area (Å²) in [6, 6.07) is 8.51. The number of nitriles is 1. The van der Waals surface area contributed by atoms with Gasteiger partial charge >= 0.3 is 0 Å². The largest absolute Gasteiger partial charge is 0.484 e. The Morgan fingerprint density at radius 2 is 1.96 bits per heavy atom. The van der Waals surface area contributed by atoms with E-state index in [1.807, 2.05) is 6.07 Å². The first-order valence-electron chi connectivity index (χ1n) is 7.95. The van der Waals surface area contributed by atoms with Gasteiger partial charge in [0.15, 0.2) is 6.61 Å². The first-order valence-corrected chi connectivity index (χ1v) is 8.77. The monoisotopic (exact) mass is 355 g/mol. The molecule has 0 saturated carbocycles. The van der Waals surface area contributed by atoms with Crippen LogP contribution in [0.15, 0.2) is 24.3 Å². The number of carbonyl (C=O) groups excluding carboxylic acids is 2. The van der Waals surface area contributed by atoms with E-state index >= 15 is 0 Å². The van der Waals surface area contributed by atoms with Crippen LogP contribution >= 0.6 is 11.3 Å². The number of anilines is 1. The van der Waals surface area contributed by atoms with Crippen molar-refractivity contribution in [2.45, 2.75) is 25.7 Å². The molecule has 0 fully saturated rings. The predicted octanol–water partition coefficient (Wildman–Crippen LogP) is 2.61. The molecule has 6 nitrogen and oxygen atoms in total. The SMILES string of the molecule is N#Cc1ccc(OCC(=O)Nc2sc3c(c2C(N)=O)CCCC3)cc1. The van der Waals surface area contributed by atoms with E-state index in [4.69, 9.17) is 15.7 Å². The zero-order valence-electron chi connectivity index (χ0n) is 13.5. The van der Waals surface area contributed by atoms with Crippen LogP contribution in [0.1, 0.15) is 39.2 Å². The summed E-state index contributed by atoms with van der Waals surface area (Å²) in [6.07, 6.45) is 3.85. The fourth-order valence-corrected chi connectivity index (χ4v) is 4.16. The quantitative estimate of drug-likeness (QED) is 0.860. The van der Waals surface area contributed by atoms with Crippen LogP contribution in [0.2, 0.25) is 0 Å². The fourth-order valence-electron chi connectivity index (χ4n) is 2.85. The van der Waals surface area contributed by atoms with E-state index in [2.05, 4.69) is 5.32 Å². The van der Waals surface area contributed by atoms with Crippen molar-refractivity contribution in [2.75, 3.05) is 11.9 Å². The molecule has 128 valence electrons. The zero-order valence-corrected chi connectivity index (χ0v) is 14.3. The maximum absolute atomic E-state index is 12.2. The van der Waals surface area contributed by atoms with E-state index < -0.39 is 5.91 Å². The summed E-state index contributed by atoms with van der Waals surface area (Å²) in [5.41, 5.74) is 7.45. The Bertz CT molecular complexity index is 850. The van der Waals surface area contributed by atoms with Crippen LogP contribution in [-0.2, 0) is 17.6 Å². The number of thiophene rings is 1. The first kappa shape index (κ1) is 17.0. The van der Waals surface area contributed by atoms with Crippen molar-refractivity contribution in [3.05, 3.63) is 45.8 Å². The molecule has 2 amide bonds. The fraction of sp³-hybridized carbons (Fsp3) is 0.278. The Morgan fingerprint density at radius 1 is 1.24 bits per heavy atom. The van der Waals surface area contributed by atoms with Crippen molar-refractivity contribution in [2.24, 2.45) is 5.73 Å². The summed E-state index contributed by atoms with van der Waals surface area (Å²) in [5, 5.41) is 12.0. The molecular weight excluding hydrogens is 338 g/mol. The molecule has 3 N–H and O–H groups in total. The smallest absolute Gasteiger partial charge is 0.262 e. The van der Waals surface area contributed by atoms with E-state index in [1.54, 1.807) is 24.3 Å². The third kappa shape index (κ3) is 3.80. The number of aryl methyl sites for hydroxylation is 1.